The van der Waals surface area contributed by atoms with E-state index in [0.29, 0.717) is 0 Å². The van der Waals surface area contributed by atoms with Gasteiger partial charge in [-0.25, -0.2) is 0 Å². The molecule has 1 saturated carbocycles. The van der Waals surface area contributed by atoms with Crippen molar-refractivity contribution in [3.63, 3.8) is 0 Å². The van der Waals surface area contributed by atoms with Crippen LogP contribution in [0.3, 0.4) is 0 Å². The Morgan fingerprint density at radius 1 is 0.917 bits per heavy atom. The molecule has 1 aliphatic heterocycles. The lowest BCUT2D eigenvalue weighted by atomic mass is 9.83. The monoisotopic (exact) mass is 168 g/mol. The van der Waals surface area contributed by atoms with Gasteiger partial charge < -0.3 is 10.6 Å². The molecule has 1 aliphatic carbocycles. The minimum Gasteiger partial charge on any atom is -0.314 e. The Bertz CT molecular complexity index is 108. The summed E-state index contributed by atoms with van der Waals surface area (Å²) < 4.78 is 0. The molecule has 0 aromatic heterocycles. The summed E-state index contributed by atoms with van der Waals surface area (Å²) in [6.07, 6.45) is 7.31. The Balaban J connectivity index is 1.80. The van der Waals surface area contributed by atoms with Crippen molar-refractivity contribution in [3.8, 4) is 0 Å². The van der Waals surface area contributed by atoms with Gasteiger partial charge in [0.05, 0.1) is 0 Å². The van der Waals surface area contributed by atoms with E-state index in [-0.39, 0.29) is 0 Å². The fraction of sp³-hybridized carbons (Fsp3) is 1.00. The van der Waals surface area contributed by atoms with Crippen molar-refractivity contribution in [2.24, 2.45) is 5.92 Å². The summed E-state index contributed by atoms with van der Waals surface area (Å²) in [5, 5.41) is 7.10. The Morgan fingerprint density at radius 3 is 2.42 bits per heavy atom. The van der Waals surface area contributed by atoms with Crippen molar-refractivity contribution in [1.29, 1.82) is 0 Å². The van der Waals surface area contributed by atoms with Gasteiger partial charge in [-0.2, -0.15) is 0 Å². The fourth-order valence-corrected chi connectivity index (χ4v) is 2.55. The number of nitrogens with one attached hydrogen (secondary N) is 2. The SMILES string of the molecule is C1CCC([C@@H]2CNCCN2)CC1. The molecule has 0 radical (unpaired) electrons. The zero-order valence-electron chi connectivity index (χ0n) is 7.81. The second kappa shape index (κ2) is 4.24. The van der Waals surface area contributed by atoms with Crippen LogP contribution in [0.15, 0.2) is 0 Å². The van der Waals surface area contributed by atoms with Gasteiger partial charge in [-0.3, -0.25) is 0 Å². The van der Waals surface area contributed by atoms with Crippen LogP contribution in [0.4, 0.5) is 0 Å². The van der Waals surface area contributed by atoms with Gasteiger partial charge in [0.1, 0.15) is 0 Å². The lowest BCUT2D eigenvalue weighted by Crippen LogP contribution is -2.52. The van der Waals surface area contributed by atoms with E-state index < -0.39 is 0 Å². The normalized spacial score (nSPS) is 33.5. The van der Waals surface area contributed by atoms with Crippen LogP contribution < -0.4 is 10.6 Å². The number of rotatable bonds is 1. The third-order valence-electron chi connectivity index (χ3n) is 3.29. The summed E-state index contributed by atoms with van der Waals surface area (Å²) in [5.41, 5.74) is 0. The van der Waals surface area contributed by atoms with E-state index in [0.717, 1.165) is 18.5 Å². The minimum atomic E-state index is 0.777. The average molecular weight is 168 g/mol. The van der Waals surface area contributed by atoms with Gasteiger partial charge in [0.25, 0.3) is 0 Å². The second-order valence-electron chi connectivity index (χ2n) is 4.16. The molecule has 70 valence electrons. The van der Waals surface area contributed by atoms with E-state index in [1.807, 2.05) is 0 Å². The van der Waals surface area contributed by atoms with Crippen LogP contribution >= 0.6 is 0 Å². The van der Waals surface area contributed by atoms with Gasteiger partial charge in [-0.15, -0.1) is 0 Å². The first kappa shape index (κ1) is 8.52. The van der Waals surface area contributed by atoms with Gasteiger partial charge in [-0.05, 0) is 18.8 Å². The highest BCUT2D eigenvalue weighted by Gasteiger charge is 2.24. The van der Waals surface area contributed by atoms with Gasteiger partial charge in [-0.1, -0.05) is 19.3 Å². The zero-order chi connectivity index (χ0) is 8.23. The molecule has 2 fully saturated rings. The average Bonchev–Trinajstić information content (AvgIpc) is 2.21. The molecule has 0 unspecified atom stereocenters. The molecule has 0 amide bonds. The molecule has 12 heavy (non-hydrogen) atoms. The third-order valence-corrected chi connectivity index (χ3v) is 3.29. The van der Waals surface area contributed by atoms with Crippen LogP contribution in [0.5, 0.6) is 0 Å². The highest BCUT2D eigenvalue weighted by atomic mass is 15.1. The molecule has 2 aliphatic rings. The molecular formula is C10H20N2. The largest absolute Gasteiger partial charge is 0.314 e. The molecule has 0 aromatic rings. The van der Waals surface area contributed by atoms with Crippen molar-refractivity contribution in [3.05, 3.63) is 0 Å². The predicted molar refractivity (Wildman–Crippen MR) is 51.2 cm³/mol. The van der Waals surface area contributed by atoms with Crippen LogP contribution in [0.1, 0.15) is 32.1 Å². The molecule has 2 rings (SSSR count). The molecule has 2 heteroatoms. The first-order valence-electron chi connectivity index (χ1n) is 5.41. The first-order valence-corrected chi connectivity index (χ1v) is 5.41. The lowest BCUT2D eigenvalue weighted by molar-refractivity contribution is 0.245. The van der Waals surface area contributed by atoms with Gasteiger partial charge in [0, 0.05) is 25.7 Å². The maximum absolute atomic E-state index is 3.63. The predicted octanol–water partition coefficient (Wildman–Crippen LogP) is 1.13. The summed E-state index contributed by atoms with van der Waals surface area (Å²) >= 11 is 0. The van der Waals surface area contributed by atoms with E-state index >= 15 is 0 Å². The summed E-state index contributed by atoms with van der Waals surface area (Å²) in [6.45, 7) is 3.52. The summed E-state index contributed by atoms with van der Waals surface area (Å²) in [4.78, 5) is 0. The minimum absolute atomic E-state index is 0.777. The standard InChI is InChI=1S/C10H20N2/c1-2-4-9(5-3-1)10-8-11-6-7-12-10/h9-12H,1-8H2/t10-/m0/s1. The van der Waals surface area contributed by atoms with E-state index in [9.17, 15) is 0 Å². The molecule has 0 bridgehead atoms. The van der Waals surface area contributed by atoms with Crippen LogP contribution in [-0.4, -0.2) is 25.7 Å². The molecule has 1 atom stereocenters. The van der Waals surface area contributed by atoms with E-state index in [2.05, 4.69) is 10.6 Å². The molecule has 1 heterocycles. The summed E-state index contributed by atoms with van der Waals surface area (Å²) in [6, 6.07) is 0.777. The van der Waals surface area contributed by atoms with Crippen molar-refractivity contribution in [2.75, 3.05) is 19.6 Å². The topological polar surface area (TPSA) is 24.1 Å². The molecule has 0 aromatic carbocycles. The Morgan fingerprint density at radius 2 is 1.75 bits per heavy atom. The highest BCUT2D eigenvalue weighted by Crippen LogP contribution is 2.26. The van der Waals surface area contributed by atoms with Crippen LogP contribution in [-0.2, 0) is 0 Å². The second-order valence-corrected chi connectivity index (χ2v) is 4.16. The summed E-state index contributed by atoms with van der Waals surface area (Å²) in [5.74, 6) is 0.964. The molecule has 0 spiro atoms. The quantitative estimate of drug-likeness (QED) is 0.613. The van der Waals surface area contributed by atoms with Crippen molar-refractivity contribution >= 4 is 0 Å². The molecule has 1 saturated heterocycles. The fourth-order valence-electron chi connectivity index (χ4n) is 2.55. The van der Waals surface area contributed by atoms with E-state index in [4.69, 9.17) is 0 Å². The molecule has 2 nitrogen and oxygen atoms in total. The lowest BCUT2D eigenvalue weighted by Gasteiger charge is -2.34. The number of piperazine rings is 1. The van der Waals surface area contributed by atoms with E-state index in [1.54, 1.807) is 0 Å². The molecular weight excluding hydrogens is 148 g/mol. The Kier molecular flexibility index (Phi) is 3.01. The van der Waals surface area contributed by atoms with Gasteiger partial charge in [0.2, 0.25) is 0 Å². The zero-order valence-corrected chi connectivity index (χ0v) is 7.81. The Labute approximate surface area is 75.1 Å². The van der Waals surface area contributed by atoms with Crippen molar-refractivity contribution < 1.29 is 0 Å². The van der Waals surface area contributed by atoms with Crippen molar-refractivity contribution in [2.45, 2.75) is 38.1 Å². The summed E-state index contributed by atoms with van der Waals surface area (Å²) in [7, 11) is 0. The maximum atomic E-state index is 3.63. The van der Waals surface area contributed by atoms with Crippen molar-refractivity contribution in [1.82, 2.24) is 10.6 Å². The first-order chi connectivity index (χ1) is 5.97. The third kappa shape index (κ3) is 1.99. The van der Waals surface area contributed by atoms with Gasteiger partial charge in [0.15, 0.2) is 0 Å². The number of hydrogen-bond acceptors (Lipinski definition) is 2. The van der Waals surface area contributed by atoms with Crippen LogP contribution in [0, 0.1) is 5.92 Å². The van der Waals surface area contributed by atoms with Crippen LogP contribution in [0.25, 0.3) is 0 Å². The molecule has 2 N–H and O–H groups in total. The van der Waals surface area contributed by atoms with E-state index in [1.165, 1.54) is 45.2 Å². The Hall–Kier alpha value is -0.0800. The maximum Gasteiger partial charge on any atom is 0.0221 e. The van der Waals surface area contributed by atoms with Gasteiger partial charge >= 0.3 is 0 Å². The smallest absolute Gasteiger partial charge is 0.0221 e. The highest BCUT2D eigenvalue weighted by molar-refractivity contribution is 4.83. The van der Waals surface area contributed by atoms with Crippen LogP contribution in [0.2, 0.25) is 0 Å². The number of hydrogen-bond donors (Lipinski definition) is 2.